The number of benzene rings is 2. The molecule has 0 fully saturated rings. The molecule has 2 rings (SSSR count). The first-order valence-electron chi connectivity index (χ1n) is 7.52. The fraction of sp³-hybridized carbons (Fsp3) is 0.158. The van der Waals surface area contributed by atoms with Gasteiger partial charge in [0.15, 0.2) is 0 Å². The number of carboxylic acid groups (broad SMARTS) is 1. The minimum absolute atomic E-state index is 0.146. The first-order chi connectivity index (χ1) is 11.5. The Balaban J connectivity index is 2.02. The van der Waals surface area contributed by atoms with Crippen LogP contribution >= 0.6 is 0 Å². The predicted octanol–water partition coefficient (Wildman–Crippen LogP) is 3.06. The zero-order valence-corrected chi connectivity index (χ0v) is 13.3. The maximum Gasteiger partial charge on any atom is 0.323 e. The molecule has 0 heterocycles. The molecule has 5 heteroatoms. The summed E-state index contributed by atoms with van der Waals surface area (Å²) in [7, 11) is 0. The third-order valence-electron chi connectivity index (χ3n) is 3.29. The molecular formula is C19H20N2O3. The number of hydrogen-bond donors (Lipinski definition) is 2. The largest absolute Gasteiger partial charge is 0.508 e. The molecular weight excluding hydrogens is 304 g/mol. The van der Waals surface area contributed by atoms with Crippen molar-refractivity contribution in [3.63, 3.8) is 0 Å². The molecule has 24 heavy (non-hydrogen) atoms. The Morgan fingerprint density at radius 1 is 1.12 bits per heavy atom. The van der Waals surface area contributed by atoms with Crippen LogP contribution in [0.1, 0.15) is 11.1 Å². The second-order valence-corrected chi connectivity index (χ2v) is 5.44. The molecule has 0 saturated heterocycles. The van der Waals surface area contributed by atoms with Gasteiger partial charge in [-0.1, -0.05) is 49.0 Å². The van der Waals surface area contributed by atoms with E-state index in [0.717, 1.165) is 11.1 Å². The Bertz CT molecular complexity index is 726. The number of carboxylic acids is 1. The van der Waals surface area contributed by atoms with Crippen LogP contribution in [0.2, 0.25) is 0 Å². The number of aliphatic carboxylic acids is 1. The van der Waals surface area contributed by atoms with Crippen molar-refractivity contribution < 1.29 is 15.0 Å². The first kappa shape index (κ1) is 17.3. The van der Waals surface area contributed by atoms with Crippen LogP contribution in [-0.4, -0.2) is 34.0 Å². The molecule has 5 nitrogen and oxygen atoms in total. The van der Waals surface area contributed by atoms with Crippen LogP contribution in [0, 0.1) is 0 Å². The molecule has 0 saturated carbocycles. The lowest BCUT2D eigenvalue weighted by Gasteiger charge is -2.17. The van der Waals surface area contributed by atoms with Crippen molar-refractivity contribution >= 4 is 12.3 Å². The standard InChI is InChI=1S/C19H20N2O3/c1-15(10-16-6-3-2-4-7-16)20-14-21(13-19(23)24)12-17-8-5-9-18(22)11-17/h2-9,11,14,22H,1,10,12-13H2,(H,23,24). The van der Waals surface area contributed by atoms with Crippen LogP contribution in [-0.2, 0) is 17.8 Å². The first-order valence-corrected chi connectivity index (χ1v) is 7.52. The van der Waals surface area contributed by atoms with Gasteiger partial charge in [0.25, 0.3) is 0 Å². The molecule has 0 aliphatic rings. The number of aromatic hydroxyl groups is 1. The summed E-state index contributed by atoms with van der Waals surface area (Å²) in [6.07, 6.45) is 2.09. The van der Waals surface area contributed by atoms with Crippen molar-refractivity contribution in [3.8, 4) is 5.75 Å². The van der Waals surface area contributed by atoms with Crippen LogP contribution in [0.3, 0.4) is 0 Å². The molecule has 0 radical (unpaired) electrons. The number of hydrogen-bond acceptors (Lipinski definition) is 3. The molecule has 0 aliphatic heterocycles. The molecule has 0 spiro atoms. The quantitative estimate of drug-likeness (QED) is 0.578. The minimum Gasteiger partial charge on any atom is -0.508 e. The summed E-state index contributed by atoms with van der Waals surface area (Å²) >= 11 is 0. The number of carbonyl (C=O) groups is 1. The molecule has 0 aliphatic carbocycles. The summed E-state index contributed by atoms with van der Waals surface area (Å²) in [5.41, 5.74) is 2.54. The number of allylic oxidation sites excluding steroid dienone is 1. The van der Waals surface area contributed by atoms with Gasteiger partial charge in [0.1, 0.15) is 12.3 Å². The van der Waals surface area contributed by atoms with Gasteiger partial charge in [0.2, 0.25) is 0 Å². The van der Waals surface area contributed by atoms with Crippen LogP contribution in [0.5, 0.6) is 5.75 Å². The number of rotatable bonds is 8. The van der Waals surface area contributed by atoms with Gasteiger partial charge in [0.05, 0.1) is 6.34 Å². The summed E-state index contributed by atoms with van der Waals surface area (Å²) in [6.45, 7) is 4.06. The molecule has 0 unspecified atom stereocenters. The lowest BCUT2D eigenvalue weighted by Crippen LogP contribution is -2.28. The van der Waals surface area contributed by atoms with E-state index in [1.807, 2.05) is 36.4 Å². The highest BCUT2D eigenvalue weighted by Gasteiger charge is 2.07. The Hall–Kier alpha value is -3.08. The number of aliphatic imine (C=N–C) groups is 1. The van der Waals surface area contributed by atoms with E-state index in [0.29, 0.717) is 18.7 Å². The van der Waals surface area contributed by atoms with Gasteiger partial charge in [-0.25, -0.2) is 4.99 Å². The van der Waals surface area contributed by atoms with E-state index in [2.05, 4.69) is 11.6 Å². The van der Waals surface area contributed by atoms with Gasteiger partial charge in [-0.05, 0) is 23.3 Å². The van der Waals surface area contributed by atoms with Crippen molar-refractivity contribution in [2.75, 3.05) is 6.54 Å². The molecule has 0 amide bonds. The second kappa shape index (κ2) is 8.53. The SMILES string of the molecule is C=C(Cc1ccccc1)N=CN(CC(=O)O)Cc1cccc(O)c1. The number of phenols is 1. The topological polar surface area (TPSA) is 73.1 Å². The Kier molecular flexibility index (Phi) is 6.14. The molecule has 0 bridgehead atoms. The lowest BCUT2D eigenvalue weighted by atomic mass is 10.1. The third-order valence-corrected chi connectivity index (χ3v) is 3.29. The van der Waals surface area contributed by atoms with Gasteiger partial charge < -0.3 is 15.1 Å². The van der Waals surface area contributed by atoms with E-state index >= 15 is 0 Å². The Morgan fingerprint density at radius 3 is 2.50 bits per heavy atom. The van der Waals surface area contributed by atoms with Crippen molar-refractivity contribution in [1.29, 1.82) is 0 Å². The Labute approximate surface area is 141 Å². The average molecular weight is 324 g/mol. The fourth-order valence-corrected chi connectivity index (χ4v) is 2.24. The molecule has 2 aromatic rings. The van der Waals surface area contributed by atoms with Crippen LogP contribution in [0.25, 0.3) is 0 Å². The summed E-state index contributed by atoms with van der Waals surface area (Å²) in [5.74, 6) is -0.802. The summed E-state index contributed by atoms with van der Waals surface area (Å²) in [5, 5.41) is 18.5. The van der Waals surface area contributed by atoms with Gasteiger partial charge in [-0.3, -0.25) is 4.79 Å². The van der Waals surface area contributed by atoms with Crippen molar-refractivity contribution in [2.24, 2.45) is 4.99 Å². The van der Waals surface area contributed by atoms with Crippen LogP contribution < -0.4 is 0 Å². The lowest BCUT2D eigenvalue weighted by molar-refractivity contribution is -0.137. The molecule has 0 atom stereocenters. The highest BCUT2D eigenvalue weighted by Crippen LogP contribution is 2.13. The van der Waals surface area contributed by atoms with Crippen LogP contribution in [0.15, 0.2) is 71.9 Å². The van der Waals surface area contributed by atoms with E-state index in [4.69, 9.17) is 5.11 Å². The molecule has 2 N–H and O–H groups in total. The Morgan fingerprint density at radius 2 is 1.83 bits per heavy atom. The fourth-order valence-electron chi connectivity index (χ4n) is 2.24. The molecule has 124 valence electrons. The van der Waals surface area contributed by atoms with Crippen molar-refractivity contribution in [1.82, 2.24) is 4.90 Å². The molecule has 2 aromatic carbocycles. The monoisotopic (exact) mass is 324 g/mol. The normalized spacial score (nSPS) is 10.7. The maximum absolute atomic E-state index is 11.0. The van der Waals surface area contributed by atoms with E-state index < -0.39 is 5.97 Å². The zero-order valence-electron chi connectivity index (χ0n) is 13.3. The summed E-state index contributed by atoms with van der Waals surface area (Å²) < 4.78 is 0. The smallest absolute Gasteiger partial charge is 0.323 e. The van der Waals surface area contributed by atoms with E-state index in [-0.39, 0.29) is 12.3 Å². The van der Waals surface area contributed by atoms with Crippen molar-refractivity contribution in [2.45, 2.75) is 13.0 Å². The highest BCUT2D eigenvalue weighted by atomic mass is 16.4. The zero-order chi connectivity index (χ0) is 17.4. The van der Waals surface area contributed by atoms with Gasteiger partial charge in [0, 0.05) is 18.7 Å². The molecule has 0 aromatic heterocycles. The highest BCUT2D eigenvalue weighted by molar-refractivity contribution is 5.73. The van der Waals surface area contributed by atoms with Gasteiger partial charge >= 0.3 is 5.97 Å². The minimum atomic E-state index is -0.949. The van der Waals surface area contributed by atoms with Crippen molar-refractivity contribution in [3.05, 3.63) is 78.0 Å². The third kappa shape index (κ3) is 5.96. The van der Waals surface area contributed by atoms with Crippen LogP contribution in [0.4, 0.5) is 0 Å². The number of phenolic OH excluding ortho intramolecular Hbond substituents is 1. The summed E-state index contributed by atoms with van der Waals surface area (Å²) in [6, 6.07) is 16.5. The second-order valence-electron chi connectivity index (χ2n) is 5.44. The van der Waals surface area contributed by atoms with E-state index in [9.17, 15) is 9.90 Å². The van der Waals surface area contributed by atoms with E-state index in [1.54, 1.807) is 23.1 Å². The van der Waals surface area contributed by atoms with Gasteiger partial charge in [-0.2, -0.15) is 0 Å². The van der Waals surface area contributed by atoms with Gasteiger partial charge in [-0.15, -0.1) is 0 Å². The predicted molar refractivity (Wildman–Crippen MR) is 93.9 cm³/mol. The van der Waals surface area contributed by atoms with E-state index in [1.165, 1.54) is 6.34 Å². The average Bonchev–Trinajstić information content (AvgIpc) is 2.53. The maximum atomic E-state index is 11.0. The number of nitrogens with zero attached hydrogens (tertiary/aromatic N) is 2. The summed E-state index contributed by atoms with van der Waals surface area (Å²) in [4.78, 5) is 16.9.